The SMILES string of the molecule is CC(C)(NC(=O)Nc1ccc(C(=O)O)cc1Cl)C1CC1. The summed E-state index contributed by atoms with van der Waals surface area (Å²) < 4.78 is 0. The number of urea groups is 1. The summed E-state index contributed by atoms with van der Waals surface area (Å²) in [6.07, 6.45) is 2.25. The molecule has 108 valence electrons. The molecule has 1 fully saturated rings. The molecule has 2 rings (SSSR count). The zero-order chi connectivity index (χ0) is 14.9. The van der Waals surface area contributed by atoms with Gasteiger partial charge in [-0.2, -0.15) is 0 Å². The standard InChI is InChI=1S/C14H17ClN2O3/c1-14(2,9-4-5-9)17-13(20)16-11-6-3-8(12(18)19)7-10(11)15/h3,6-7,9H,4-5H2,1-2H3,(H,18,19)(H2,16,17,20). The van der Waals surface area contributed by atoms with Crippen molar-refractivity contribution in [2.45, 2.75) is 32.2 Å². The van der Waals surface area contributed by atoms with Crippen LogP contribution in [0.25, 0.3) is 0 Å². The normalized spacial score (nSPS) is 14.8. The third-order valence-corrected chi connectivity index (χ3v) is 3.81. The van der Waals surface area contributed by atoms with Crippen molar-refractivity contribution in [1.29, 1.82) is 0 Å². The van der Waals surface area contributed by atoms with Gasteiger partial charge >= 0.3 is 12.0 Å². The Morgan fingerprint density at radius 3 is 2.50 bits per heavy atom. The third kappa shape index (κ3) is 3.42. The average molecular weight is 297 g/mol. The topological polar surface area (TPSA) is 78.4 Å². The molecule has 0 spiro atoms. The molecule has 0 saturated heterocycles. The maximum atomic E-state index is 11.9. The van der Waals surface area contributed by atoms with E-state index in [1.54, 1.807) is 0 Å². The molecule has 5 nitrogen and oxygen atoms in total. The Morgan fingerprint density at radius 2 is 2.00 bits per heavy atom. The number of benzene rings is 1. The quantitative estimate of drug-likeness (QED) is 0.797. The molecule has 0 aliphatic heterocycles. The van der Waals surface area contributed by atoms with Crippen LogP contribution in [0.4, 0.5) is 10.5 Å². The highest BCUT2D eigenvalue weighted by Gasteiger charge is 2.38. The summed E-state index contributed by atoms with van der Waals surface area (Å²) in [5.41, 5.74) is 0.220. The Morgan fingerprint density at radius 1 is 1.35 bits per heavy atom. The van der Waals surface area contributed by atoms with Crippen molar-refractivity contribution in [3.8, 4) is 0 Å². The zero-order valence-electron chi connectivity index (χ0n) is 11.4. The number of rotatable bonds is 4. The number of nitrogens with one attached hydrogen (secondary N) is 2. The Balaban J connectivity index is 2.02. The molecule has 3 N–H and O–H groups in total. The fourth-order valence-corrected chi connectivity index (χ4v) is 2.33. The first-order chi connectivity index (χ1) is 9.29. The zero-order valence-corrected chi connectivity index (χ0v) is 12.1. The summed E-state index contributed by atoms with van der Waals surface area (Å²) in [4.78, 5) is 22.7. The van der Waals surface area contributed by atoms with Gasteiger partial charge < -0.3 is 15.7 Å². The first-order valence-electron chi connectivity index (χ1n) is 6.41. The highest BCUT2D eigenvalue weighted by atomic mass is 35.5. The number of amides is 2. The minimum Gasteiger partial charge on any atom is -0.478 e. The van der Waals surface area contributed by atoms with Gasteiger partial charge in [0.2, 0.25) is 0 Å². The first-order valence-corrected chi connectivity index (χ1v) is 6.79. The van der Waals surface area contributed by atoms with Gasteiger partial charge in [-0.3, -0.25) is 0 Å². The summed E-state index contributed by atoms with van der Waals surface area (Å²) in [5, 5.41) is 14.6. The van der Waals surface area contributed by atoms with Crippen molar-refractivity contribution in [2.24, 2.45) is 5.92 Å². The van der Waals surface area contributed by atoms with Crippen LogP contribution in [0.1, 0.15) is 37.0 Å². The van der Waals surface area contributed by atoms with E-state index in [1.165, 1.54) is 18.2 Å². The van der Waals surface area contributed by atoms with Gasteiger partial charge in [0.05, 0.1) is 16.3 Å². The van der Waals surface area contributed by atoms with Crippen LogP contribution < -0.4 is 10.6 Å². The van der Waals surface area contributed by atoms with Crippen LogP contribution >= 0.6 is 11.6 Å². The number of carboxylic acids is 1. The minimum atomic E-state index is -1.06. The van der Waals surface area contributed by atoms with Crippen LogP contribution in [0.3, 0.4) is 0 Å². The van der Waals surface area contributed by atoms with Gasteiger partial charge in [-0.25, -0.2) is 9.59 Å². The smallest absolute Gasteiger partial charge is 0.335 e. The number of carbonyl (C=O) groups excluding carboxylic acids is 1. The van der Waals surface area contributed by atoms with E-state index in [-0.39, 0.29) is 22.2 Å². The fourth-order valence-electron chi connectivity index (χ4n) is 2.10. The molecule has 0 radical (unpaired) electrons. The van der Waals surface area contributed by atoms with E-state index in [9.17, 15) is 9.59 Å². The predicted octanol–water partition coefficient (Wildman–Crippen LogP) is 3.35. The molecule has 1 aromatic rings. The molecule has 0 bridgehead atoms. The molecule has 1 aliphatic rings. The molecule has 1 aromatic carbocycles. The molecule has 0 aromatic heterocycles. The van der Waals surface area contributed by atoms with E-state index in [0.29, 0.717) is 11.6 Å². The average Bonchev–Trinajstić information content (AvgIpc) is 3.14. The van der Waals surface area contributed by atoms with Gasteiger partial charge in [0.15, 0.2) is 0 Å². The lowest BCUT2D eigenvalue weighted by atomic mass is 9.99. The number of carboxylic acid groups (broad SMARTS) is 1. The fraction of sp³-hybridized carbons (Fsp3) is 0.429. The highest BCUT2D eigenvalue weighted by molar-refractivity contribution is 6.34. The summed E-state index contributed by atoms with van der Waals surface area (Å²) in [6.45, 7) is 3.97. The van der Waals surface area contributed by atoms with Crippen molar-refractivity contribution in [1.82, 2.24) is 5.32 Å². The Labute approximate surface area is 122 Å². The molecular weight excluding hydrogens is 280 g/mol. The summed E-state index contributed by atoms with van der Waals surface area (Å²) in [6, 6.07) is 3.85. The molecule has 0 heterocycles. The van der Waals surface area contributed by atoms with Crippen molar-refractivity contribution in [3.63, 3.8) is 0 Å². The number of halogens is 1. The first kappa shape index (κ1) is 14.7. The summed E-state index contributed by atoms with van der Waals surface area (Å²) in [7, 11) is 0. The Kier molecular flexibility index (Phi) is 3.90. The second-order valence-corrected chi connectivity index (χ2v) is 5.98. The van der Waals surface area contributed by atoms with Gasteiger partial charge in [0.1, 0.15) is 0 Å². The molecule has 6 heteroatoms. The van der Waals surface area contributed by atoms with Crippen molar-refractivity contribution >= 4 is 29.3 Å². The number of aromatic carboxylic acids is 1. The maximum absolute atomic E-state index is 11.9. The van der Waals surface area contributed by atoms with Crippen molar-refractivity contribution in [3.05, 3.63) is 28.8 Å². The van der Waals surface area contributed by atoms with Gasteiger partial charge in [-0.15, -0.1) is 0 Å². The number of hydrogen-bond donors (Lipinski definition) is 3. The van der Waals surface area contributed by atoms with Gasteiger partial charge in [-0.05, 0) is 50.8 Å². The van der Waals surface area contributed by atoms with Crippen LogP contribution in [-0.2, 0) is 0 Å². The predicted molar refractivity (Wildman–Crippen MR) is 77.4 cm³/mol. The van der Waals surface area contributed by atoms with Crippen molar-refractivity contribution < 1.29 is 14.7 Å². The summed E-state index contributed by atoms with van der Waals surface area (Å²) in [5.74, 6) is -0.545. The monoisotopic (exact) mass is 296 g/mol. The number of hydrogen-bond acceptors (Lipinski definition) is 2. The number of carbonyl (C=O) groups is 2. The molecule has 1 aliphatic carbocycles. The molecule has 0 atom stereocenters. The molecule has 2 amide bonds. The second kappa shape index (κ2) is 5.32. The number of anilines is 1. The van der Waals surface area contributed by atoms with E-state index in [4.69, 9.17) is 16.7 Å². The van der Waals surface area contributed by atoms with Gasteiger partial charge in [0, 0.05) is 5.54 Å². The summed E-state index contributed by atoms with van der Waals surface area (Å²) >= 11 is 5.96. The lowest BCUT2D eigenvalue weighted by Crippen LogP contribution is -2.47. The van der Waals surface area contributed by atoms with E-state index in [0.717, 1.165) is 12.8 Å². The second-order valence-electron chi connectivity index (χ2n) is 5.57. The minimum absolute atomic E-state index is 0.0827. The van der Waals surface area contributed by atoms with Crippen molar-refractivity contribution in [2.75, 3.05) is 5.32 Å². The molecule has 20 heavy (non-hydrogen) atoms. The van der Waals surface area contributed by atoms with Crippen LogP contribution in [0.5, 0.6) is 0 Å². The van der Waals surface area contributed by atoms with E-state index >= 15 is 0 Å². The van der Waals surface area contributed by atoms with Gasteiger partial charge in [0.25, 0.3) is 0 Å². The van der Waals surface area contributed by atoms with Crippen LogP contribution in [-0.4, -0.2) is 22.6 Å². The van der Waals surface area contributed by atoms with Crippen LogP contribution in [0, 0.1) is 5.92 Å². The highest BCUT2D eigenvalue weighted by Crippen LogP contribution is 2.39. The molecule has 1 saturated carbocycles. The lowest BCUT2D eigenvalue weighted by molar-refractivity contribution is 0.0697. The van der Waals surface area contributed by atoms with E-state index in [1.807, 2.05) is 13.8 Å². The van der Waals surface area contributed by atoms with Crippen LogP contribution in [0.15, 0.2) is 18.2 Å². The Hall–Kier alpha value is -1.75. The maximum Gasteiger partial charge on any atom is 0.335 e. The van der Waals surface area contributed by atoms with E-state index < -0.39 is 5.97 Å². The molecular formula is C14H17ClN2O3. The third-order valence-electron chi connectivity index (χ3n) is 3.50. The van der Waals surface area contributed by atoms with Gasteiger partial charge in [-0.1, -0.05) is 11.6 Å². The van der Waals surface area contributed by atoms with E-state index in [2.05, 4.69) is 10.6 Å². The Bertz CT molecular complexity index is 553. The van der Waals surface area contributed by atoms with Crippen LogP contribution in [0.2, 0.25) is 5.02 Å². The lowest BCUT2D eigenvalue weighted by Gasteiger charge is -2.26. The largest absolute Gasteiger partial charge is 0.478 e. The molecule has 0 unspecified atom stereocenters.